The third-order valence-electron chi connectivity index (χ3n) is 3.57. The molecule has 0 aromatic heterocycles. The summed E-state index contributed by atoms with van der Waals surface area (Å²) in [4.78, 5) is 0. The van der Waals surface area contributed by atoms with E-state index in [1.54, 1.807) is 6.07 Å². The summed E-state index contributed by atoms with van der Waals surface area (Å²) >= 11 is 0. The molecule has 5 nitrogen and oxygen atoms in total. The monoisotopic (exact) mass is 332 g/mol. The standard InChI is InChI=1S/C17H16O5S/c1-23(19,20)22-10-16-14(8-9-17(18)11-21-12-17)7-6-13-4-2-3-5-15(13)16/h2-7,18H,10-12H2,1H3. The van der Waals surface area contributed by atoms with Crippen molar-refractivity contribution in [2.24, 2.45) is 0 Å². The summed E-state index contributed by atoms with van der Waals surface area (Å²) in [6, 6.07) is 11.3. The third-order valence-corrected chi connectivity index (χ3v) is 4.12. The summed E-state index contributed by atoms with van der Waals surface area (Å²) in [5, 5.41) is 11.9. The van der Waals surface area contributed by atoms with E-state index in [1.165, 1.54) is 0 Å². The van der Waals surface area contributed by atoms with Crippen LogP contribution in [0.25, 0.3) is 10.8 Å². The van der Waals surface area contributed by atoms with E-state index in [0.717, 1.165) is 17.0 Å². The number of ether oxygens (including phenoxy) is 1. The van der Waals surface area contributed by atoms with Crippen molar-refractivity contribution in [1.82, 2.24) is 0 Å². The molecule has 6 heteroatoms. The molecule has 2 aromatic carbocycles. The predicted octanol–water partition coefficient (Wildman–Crippen LogP) is 1.43. The fraction of sp³-hybridized carbons (Fsp3) is 0.294. The number of fused-ring (bicyclic) bond motifs is 1. The lowest BCUT2D eigenvalue weighted by Gasteiger charge is -2.31. The molecule has 3 rings (SSSR count). The molecule has 0 bridgehead atoms. The number of benzene rings is 2. The Morgan fingerprint density at radius 2 is 2.00 bits per heavy atom. The second-order valence-electron chi connectivity index (χ2n) is 5.55. The van der Waals surface area contributed by atoms with E-state index >= 15 is 0 Å². The van der Waals surface area contributed by atoms with Crippen LogP contribution in [0.4, 0.5) is 0 Å². The smallest absolute Gasteiger partial charge is 0.264 e. The minimum atomic E-state index is -3.56. The highest BCUT2D eigenvalue weighted by Gasteiger charge is 2.33. The fourth-order valence-corrected chi connectivity index (χ4v) is 2.66. The van der Waals surface area contributed by atoms with Crippen LogP contribution in [-0.2, 0) is 25.6 Å². The molecule has 1 aliphatic rings. The van der Waals surface area contributed by atoms with E-state index in [9.17, 15) is 13.5 Å². The molecule has 0 amide bonds. The molecule has 23 heavy (non-hydrogen) atoms. The van der Waals surface area contributed by atoms with Crippen molar-refractivity contribution in [2.45, 2.75) is 12.2 Å². The summed E-state index contributed by atoms with van der Waals surface area (Å²) in [6.07, 6.45) is 1.01. The zero-order valence-corrected chi connectivity index (χ0v) is 13.4. The first-order valence-corrected chi connectivity index (χ1v) is 8.86. The van der Waals surface area contributed by atoms with Gasteiger partial charge >= 0.3 is 0 Å². The van der Waals surface area contributed by atoms with Crippen LogP contribution in [0, 0.1) is 11.8 Å². The summed E-state index contributed by atoms with van der Waals surface area (Å²) in [6.45, 7) is 0.268. The maximum atomic E-state index is 11.3. The van der Waals surface area contributed by atoms with Gasteiger partial charge in [-0.2, -0.15) is 8.42 Å². The van der Waals surface area contributed by atoms with E-state index in [0.29, 0.717) is 11.1 Å². The Hall–Kier alpha value is -1.91. The van der Waals surface area contributed by atoms with Gasteiger partial charge in [0.25, 0.3) is 10.1 Å². The number of hydrogen-bond acceptors (Lipinski definition) is 5. The normalized spacial score (nSPS) is 16.4. The van der Waals surface area contributed by atoms with Crippen LogP contribution in [-0.4, -0.2) is 38.6 Å². The van der Waals surface area contributed by atoms with Crippen molar-refractivity contribution in [3.05, 3.63) is 47.5 Å². The second kappa shape index (κ2) is 5.95. The zero-order valence-electron chi connectivity index (χ0n) is 12.6. The van der Waals surface area contributed by atoms with Crippen molar-refractivity contribution >= 4 is 20.9 Å². The highest BCUT2D eigenvalue weighted by molar-refractivity contribution is 7.85. The summed E-state index contributed by atoms with van der Waals surface area (Å²) < 4.78 is 32.5. The van der Waals surface area contributed by atoms with E-state index in [2.05, 4.69) is 11.8 Å². The lowest BCUT2D eigenvalue weighted by molar-refractivity contribution is -0.140. The van der Waals surface area contributed by atoms with Gasteiger partial charge in [-0.15, -0.1) is 0 Å². The molecule has 0 radical (unpaired) electrons. The fourth-order valence-electron chi connectivity index (χ4n) is 2.33. The van der Waals surface area contributed by atoms with Gasteiger partial charge in [-0.25, -0.2) is 0 Å². The van der Waals surface area contributed by atoms with E-state index in [4.69, 9.17) is 8.92 Å². The molecule has 1 aliphatic heterocycles. The average molecular weight is 332 g/mol. The van der Waals surface area contributed by atoms with Crippen LogP contribution in [0.15, 0.2) is 36.4 Å². The molecule has 1 fully saturated rings. The van der Waals surface area contributed by atoms with Crippen LogP contribution >= 0.6 is 0 Å². The topological polar surface area (TPSA) is 72.8 Å². The molecule has 0 unspecified atom stereocenters. The summed E-state index contributed by atoms with van der Waals surface area (Å²) in [5.74, 6) is 5.72. The Morgan fingerprint density at radius 1 is 1.26 bits per heavy atom. The molecule has 120 valence electrons. The Balaban J connectivity index is 2.05. The van der Waals surface area contributed by atoms with Gasteiger partial charge < -0.3 is 9.84 Å². The van der Waals surface area contributed by atoms with Crippen molar-refractivity contribution in [3.8, 4) is 11.8 Å². The number of hydrogen-bond donors (Lipinski definition) is 1. The SMILES string of the molecule is CS(=O)(=O)OCc1c(C#CC2(O)COC2)ccc2ccccc12. The molecular weight excluding hydrogens is 316 g/mol. The lowest BCUT2D eigenvalue weighted by atomic mass is 9.98. The van der Waals surface area contributed by atoms with Crippen molar-refractivity contribution in [3.63, 3.8) is 0 Å². The quantitative estimate of drug-likeness (QED) is 0.680. The molecule has 1 saturated heterocycles. The predicted molar refractivity (Wildman–Crippen MR) is 86.2 cm³/mol. The maximum Gasteiger partial charge on any atom is 0.264 e. The van der Waals surface area contributed by atoms with Gasteiger partial charge in [-0.3, -0.25) is 4.18 Å². The number of rotatable bonds is 3. The van der Waals surface area contributed by atoms with Gasteiger partial charge in [0.1, 0.15) is 0 Å². The Labute approximate surface area is 135 Å². The molecule has 1 N–H and O–H groups in total. The van der Waals surface area contributed by atoms with Gasteiger partial charge in [0, 0.05) is 11.1 Å². The lowest BCUT2D eigenvalue weighted by Crippen LogP contribution is -2.48. The van der Waals surface area contributed by atoms with Gasteiger partial charge in [0.2, 0.25) is 0 Å². The molecule has 1 heterocycles. The first-order valence-electron chi connectivity index (χ1n) is 7.05. The number of aliphatic hydroxyl groups is 1. The van der Waals surface area contributed by atoms with Crippen molar-refractivity contribution in [1.29, 1.82) is 0 Å². The molecular formula is C17H16O5S. The Kier molecular flexibility index (Phi) is 4.13. The minimum Gasteiger partial charge on any atom is -0.373 e. The van der Waals surface area contributed by atoms with Gasteiger partial charge in [0.15, 0.2) is 5.60 Å². The van der Waals surface area contributed by atoms with Crippen molar-refractivity contribution in [2.75, 3.05) is 19.5 Å². The highest BCUT2D eigenvalue weighted by atomic mass is 32.2. The minimum absolute atomic E-state index is 0.0981. The first kappa shape index (κ1) is 16.0. The second-order valence-corrected chi connectivity index (χ2v) is 7.20. The summed E-state index contributed by atoms with van der Waals surface area (Å²) in [5.41, 5.74) is 0.193. The highest BCUT2D eigenvalue weighted by Crippen LogP contribution is 2.24. The molecule has 2 aromatic rings. The zero-order chi connectivity index (χ0) is 16.5. The average Bonchev–Trinajstić information content (AvgIpc) is 2.48. The van der Waals surface area contributed by atoms with E-state index < -0.39 is 15.7 Å². The molecule has 0 saturated carbocycles. The van der Waals surface area contributed by atoms with Crippen LogP contribution in [0.1, 0.15) is 11.1 Å². The van der Waals surface area contributed by atoms with Crippen LogP contribution in [0.2, 0.25) is 0 Å². The molecule has 0 aliphatic carbocycles. The van der Waals surface area contributed by atoms with Gasteiger partial charge in [-0.05, 0) is 16.8 Å². The third kappa shape index (κ3) is 3.71. The van der Waals surface area contributed by atoms with Crippen LogP contribution < -0.4 is 0 Å². The summed E-state index contributed by atoms with van der Waals surface area (Å²) in [7, 11) is -3.56. The van der Waals surface area contributed by atoms with Crippen molar-refractivity contribution < 1.29 is 22.4 Å². The van der Waals surface area contributed by atoms with Gasteiger partial charge in [-0.1, -0.05) is 42.2 Å². The van der Waals surface area contributed by atoms with Crippen LogP contribution in [0.3, 0.4) is 0 Å². The van der Waals surface area contributed by atoms with Crippen LogP contribution in [0.5, 0.6) is 0 Å². The Bertz CT molecular complexity index is 901. The van der Waals surface area contributed by atoms with Gasteiger partial charge in [0.05, 0.1) is 26.1 Å². The molecule has 0 spiro atoms. The Morgan fingerprint density at radius 3 is 2.65 bits per heavy atom. The largest absolute Gasteiger partial charge is 0.373 e. The van der Waals surface area contributed by atoms with E-state index in [-0.39, 0.29) is 19.8 Å². The van der Waals surface area contributed by atoms with E-state index in [1.807, 2.05) is 30.3 Å². The maximum absolute atomic E-state index is 11.3. The molecule has 0 atom stereocenters. The first-order chi connectivity index (χ1) is 10.9.